The topological polar surface area (TPSA) is 112 Å². The first kappa shape index (κ1) is 14.8. The van der Waals surface area contributed by atoms with Crippen LogP contribution in [0.15, 0.2) is 46.2 Å². The van der Waals surface area contributed by atoms with Crippen LogP contribution >= 0.6 is 11.8 Å². The van der Waals surface area contributed by atoms with E-state index in [2.05, 4.69) is 0 Å². The molecule has 0 spiro atoms. The third-order valence-corrected chi connectivity index (χ3v) is 3.86. The van der Waals surface area contributed by atoms with Gasteiger partial charge in [-0.25, -0.2) is 0 Å². The van der Waals surface area contributed by atoms with Gasteiger partial charge < -0.3 is 5.73 Å². The molecule has 0 unspecified atom stereocenters. The second-order valence-corrected chi connectivity index (χ2v) is 5.37. The van der Waals surface area contributed by atoms with Gasteiger partial charge in [-0.15, -0.1) is 0 Å². The van der Waals surface area contributed by atoms with Gasteiger partial charge in [-0.2, -0.15) is 0 Å². The van der Waals surface area contributed by atoms with Crippen LogP contribution in [-0.2, 0) is 0 Å². The molecule has 8 heteroatoms. The SMILES string of the molecule is Cc1cc(Sc2ccccc2[N+](=O)[O-])cc([N+](=O)[O-])c1N. The lowest BCUT2D eigenvalue weighted by Gasteiger charge is -2.06. The minimum atomic E-state index is -0.564. The average Bonchev–Trinajstić information content (AvgIpc) is 2.42. The number of rotatable bonds is 4. The van der Waals surface area contributed by atoms with Crippen LogP contribution in [0.3, 0.4) is 0 Å². The Morgan fingerprint density at radius 3 is 2.29 bits per heavy atom. The lowest BCUT2D eigenvalue weighted by Crippen LogP contribution is -1.98. The van der Waals surface area contributed by atoms with Gasteiger partial charge in [0.15, 0.2) is 0 Å². The van der Waals surface area contributed by atoms with Crippen LogP contribution in [0.1, 0.15) is 5.56 Å². The molecule has 0 bridgehead atoms. The van der Waals surface area contributed by atoms with Gasteiger partial charge in [-0.1, -0.05) is 23.9 Å². The molecule has 0 saturated heterocycles. The summed E-state index contributed by atoms with van der Waals surface area (Å²) in [6.07, 6.45) is 0. The molecule has 0 radical (unpaired) electrons. The Bertz CT molecular complexity index is 733. The highest BCUT2D eigenvalue weighted by Crippen LogP contribution is 2.38. The molecule has 0 aliphatic rings. The van der Waals surface area contributed by atoms with E-state index in [-0.39, 0.29) is 17.1 Å². The Morgan fingerprint density at radius 1 is 1.05 bits per heavy atom. The molecule has 108 valence electrons. The third kappa shape index (κ3) is 3.11. The van der Waals surface area contributed by atoms with Crippen molar-refractivity contribution in [2.24, 2.45) is 0 Å². The number of hydrogen-bond donors (Lipinski definition) is 1. The number of nitro groups is 2. The second kappa shape index (κ2) is 5.80. The molecule has 2 aromatic rings. The Balaban J connectivity index is 2.46. The molecule has 7 nitrogen and oxygen atoms in total. The Morgan fingerprint density at radius 2 is 1.67 bits per heavy atom. The number of nitrogens with two attached hydrogens (primary N) is 1. The monoisotopic (exact) mass is 305 g/mol. The molecule has 2 N–H and O–H groups in total. The summed E-state index contributed by atoms with van der Waals surface area (Å²) in [7, 11) is 0. The molecule has 0 saturated carbocycles. The van der Waals surface area contributed by atoms with Crippen molar-refractivity contribution >= 4 is 28.8 Å². The van der Waals surface area contributed by atoms with Crippen LogP contribution in [0.25, 0.3) is 0 Å². The fourth-order valence-electron chi connectivity index (χ4n) is 1.78. The minimum absolute atomic E-state index is 0.0420. The second-order valence-electron chi connectivity index (χ2n) is 4.26. The molecule has 0 amide bonds. The van der Waals surface area contributed by atoms with Crippen molar-refractivity contribution in [2.45, 2.75) is 16.7 Å². The van der Waals surface area contributed by atoms with Crippen LogP contribution in [-0.4, -0.2) is 9.85 Å². The fourth-order valence-corrected chi connectivity index (χ4v) is 2.83. The highest BCUT2D eigenvalue weighted by Gasteiger charge is 2.18. The summed E-state index contributed by atoms with van der Waals surface area (Å²) in [6, 6.07) is 9.22. The number of para-hydroxylation sites is 1. The van der Waals surface area contributed by atoms with Crippen LogP contribution in [0.4, 0.5) is 17.1 Å². The minimum Gasteiger partial charge on any atom is -0.393 e. The van der Waals surface area contributed by atoms with Gasteiger partial charge in [-0.3, -0.25) is 20.2 Å². The Hall–Kier alpha value is -2.61. The van der Waals surface area contributed by atoms with Gasteiger partial charge >= 0.3 is 0 Å². The molecule has 0 aliphatic heterocycles. The normalized spacial score (nSPS) is 10.3. The van der Waals surface area contributed by atoms with E-state index in [0.29, 0.717) is 15.4 Å². The fraction of sp³-hybridized carbons (Fsp3) is 0.0769. The molecule has 2 aromatic carbocycles. The highest BCUT2D eigenvalue weighted by molar-refractivity contribution is 7.99. The van der Waals surface area contributed by atoms with E-state index in [1.54, 1.807) is 31.2 Å². The summed E-state index contributed by atoms with van der Waals surface area (Å²) in [5.74, 6) is 0. The molecule has 0 fully saturated rings. The highest BCUT2D eigenvalue weighted by atomic mass is 32.2. The summed E-state index contributed by atoms with van der Waals surface area (Å²) in [4.78, 5) is 21.8. The maximum atomic E-state index is 11.0. The molecule has 0 aromatic heterocycles. The van der Waals surface area contributed by atoms with E-state index in [9.17, 15) is 20.2 Å². The number of nitro benzene ring substituents is 2. The Labute approximate surface area is 124 Å². The zero-order chi connectivity index (χ0) is 15.6. The van der Waals surface area contributed by atoms with E-state index in [4.69, 9.17) is 5.73 Å². The lowest BCUT2D eigenvalue weighted by molar-refractivity contribution is -0.387. The number of hydrogen-bond acceptors (Lipinski definition) is 6. The third-order valence-electron chi connectivity index (χ3n) is 2.82. The zero-order valence-corrected chi connectivity index (χ0v) is 11.8. The van der Waals surface area contributed by atoms with Crippen LogP contribution in [0.2, 0.25) is 0 Å². The van der Waals surface area contributed by atoms with Crippen molar-refractivity contribution in [3.8, 4) is 0 Å². The van der Waals surface area contributed by atoms with E-state index >= 15 is 0 Å². The first-order valence-corrected chi connectivity index (χ1v) is 6.67. The number of aryl methyl sites for hydroxylation is 1. The largest absolute Gasteiger partial charge is 0.393 e. The van der Waals surface area contributed by atoms with Gasteiger partial charge in [0.25, 0.3) is 11.4 Å². The number of nitrogen functional groups attached to an aromatic ring is 1. The number of anilines is 1. The van der Waals surface area contributed by atoms with E-state index in [1.807, 2.05) is 0 Å². The first-order valence-electron chi connectivity index (χ1n) is 5.86. The smallest absolute Gasteiger partial charge is 0.293 e. The van der Waals surface area contributed by atoms with Crippen molar-refractivity contribution in [3.63, 3.8) is 0 Å². The van der Waals surface area contributed by atoms with Crippen molar-refractivity contribution in [1.29, 1.82) is 0 Å². The van der Waals surface area contributed by atoms with Crippen molar-refractivity contribution in [1.82, 2.24) is 0 Å². The van der Waals surface area contributed by atoms with Gasteiger partial charge in [0, 0.05) is 17.0 Å². The van der Waals surface area contributed by atoms with Crippen molar-refractivity contribution in [2.75, 3.05) is 5.73 Å². The van der Waals surface area contributed by atoms with E-state index in [0.717, 1.165) is 11.8 Å². The molecular formula is C13H11N3O4S. The molecule has 21 heavy (non-hydrogen) atoms. The van der Waals surface area contributed by atoms with E-state index < -0.39 is 9.85 Å². The van der Waals surface area contributed by atoms with Crippen molar-refractivity contribution in [3.05, 3.63) is 62.2 Å². The summed E-state index contributed by atoms with van der Waals surface area (Å²) < 4.78 is 0. The van der Waals surface area contributed by atoms with Crippen LogP contribution in [0, 0.1) is 27.2 Å². The van der Waals surface area contributed by atoms with Gasteiger partial charge in [-0.05, 0) is 24.6 Å². The quantitative estimate of drug-likeness (QED) is 0.525. The standard InChI is InChI=1S/C13H11N3O4S/c1-8-6-9(7-11(13(8)14)16(19)20)21-12-5-3-2-4-10(12)15(17)18/h2-7H,14H2,1H3. The predicted octanol–water partition coefficient (Wildman–Crippen LogP) is 3.54. The Kier molecular flexibility index (Phi) is 4.08. The molecule has 0 atom stereocenters. The first-order chi connectivity index (χ1) is 9.90. The van der Waals surface area contributed by atoms with Crippen LogP contribution in [0.5, 0.6) is 0 Å². The lowest BCUT2D eigenvalue weighted by atomic mass is 10.2. The molecular weight excluding hydrogens is 294 g/mol. The summed E-state index contributed by atoms with van der Waals surface area (Å²) in [5, 5.41) is 21.9. The molecule has 0 aliphatic carbocycles. The number of benzene rings is 2. The molecule has 2 rings (SSSR count). The number of nitrogens with zero attached hydrogens (tertiary/aromatic N) is 2. The predicted molar refractivity (Wildman–Crippen MR) is 79.5 cm³/mol. The van der Waals surface area contributed by atoms with Gasteiger partial charge in [0.1, 0.15) is 5.69 Å². The van der Waals surface area contributed by atoms with Gasteiger partial charge in [0.2, 0.25) is 0 Å². The zero-order valence-electron chi connectivity index (χ0n) is 11.0. The average molecular weight is 305 g/mol. The van der Waals surface area contributed by atoms with Crippen LogP contribution < -0.4 is 5.73 Å². The summed E-state index contributed by atoms with van der Waals surface area (Å²) in [5.41, 5.74) is 6.09. The summed E-state index contributed by atoms with van der Waals surface area (Å²) in [6.45, 7) is 1.66. The van der Waals surface area contributed by atoms with Crippen molar-refractivity contribution < 1.29 is 9.85 Å². The molecule has 0 heterocycles. The van der Waals surface area contributed by atoms with E-state index in [1.165, 1.54) is 12.1 Å². The summed E-state index contributed by atoms with van der Waals surface area (Å²) >= 11 is 1.10. The maximum Gasteiger partial charge on any atom is 0.293 e. The maximum absolute atomic E-state index is 11.0. The van der Waals surface area contributed by atoms with Gasteiger partial charge in [0.05, 0.1) is 14.7 Å².